The molecule has 0 aromatic heterocycles. The van der Waals surface area contributed by atoms with Gasteiger partial charge < -0.3 is 66.9 Å². The fourth-order valence-corrected chi connectivity index (χ4v) is 10.3. The summed E-state index contributed by atoms with van der Waals surface area (Å²) >= 11 is 0. The molecular weight excluding hydrogens is 889 g/mol. The van der Waals surface area contributed by atoms with E-state index >= 15 is 0 Å². The number of likely N-dealkylation sites (N-methyl/N-ethyl adjacent to an activating group) is 2. The number of esters is 2. The molecule has 6 rings (SSSR count). The first-order valence-corrected chi connectivity index (χ1v) is 23.1. The van der Waals surface area contributed by atoms with E-state index in [2.05, 4.69) is 44.1 Å². The number of carbonyl (C=O) groups excluding carboxylic acids is 2. The molecule has 4 atom stereocenters. The molecule has 0 radical (unpaired) electrons. The van der Waals surface area contributed by atoms with Gasteiger partial charge in [-0.05, 0) is 58.7 Å². The number of aliphatic hydroxyl groups is 3. The van der Waals surface area contributed by atoms with E-state index in [1.165, 1.54) is 25.3 Å². The average Bonchev–Trinajstić information content (AvgIpc) is 3.37. The number of aliphatic hydroxyl groups excluding tert-OH is 3. The van der Waals surface area contributed by atoms with Crippen molar-refractivity contribution in [2.45, 2.75) is 64.0 Å². The minimum atomic E-state index is -0.844. The Hall–Kier alpha value is -6.22. The molecule has 0 bridgehead atoms. The van der Waals surface area contributed by atoms with Crippen molar-refractivity contribution < 1.29 is 76.5 Å². The van der Waals surface area contributed by atoms with Gasteiger partial charge in [-0.3, -0.25) is 0 Å². The van der Waals surface area contributed by atoms with Crippen molar-refractivity contribution in [2.24, 2.45) is 0 Å². The molecule has 2 heterocycles. The van der Waals surface area contributed by atoms with Crippen LogP contribution in [0, 0.1) is 11.8 Å². The van der Waals surface area contributed by atoms with Crippen molar-refractivity contribution in [2.75, 3.05) is 103 Å². The molecule has 2 aliphatic rings. The van der Waals surface area contributed by atoms with E-state index < -0.39 is 11.9 Å². The summed E-state index contributed by atoms with van der Waals surface area (Å²) in [6.07, 6.45) is 3.17. The zero-order valence-corrected chi connectivity index (χ0v) is 41.4. The smallest absolute Gasteiger partial charge is 0.384 e. The molecule has 4 aromatic carbocycles. The molecular formula is C53H68N2O14+2. The average molecular weight is 957 g/mol. The van der Waals surface area contributed by atoms with Gasteiger partial charge in [-0.25, -0.2) is 9.59 Å². The molecule has 0 saturated heterocycles. The van der Waals surface area contributed by atoms with Gasteiger partial charge >= 0.3 is 11.9 Å². The fourth-order valence-electron chi connectivity index (χ4n) is 10.3. The van der Waals surface area contributed by atoms with Gasteiger partial charge in [-0.1, -0.05) is 12.1 Å². The zero-order valence-electron chi connectivity index (χ0n) is 41.4. The maximum absolute atomic E-state index is 12.8. The highest BCUT2D eigenvalue weighted by atomic mass is 16.5. The van der Waals surface area contributed by atoms with E-state index in [0.717, 1.165) is 35.2 Å². The van der Waals surface area contributed by atoms with Crippen LogP contribution in [-0.4, -0.2) is 139 Å². The van der Waals surface area contributed by atoms with E-state index in [9.17, 15) is 24.9 Å². The Morgan fingerprint density at radius 2 is 1.16 bits per heavy atom. The quantitative estimate of drug-likeness (QED) is 0.0328. The van der Waals surface area contributed by atoms with Crippen LogP contribution in [0.1, 0.15) is 75.0 Å². The number of ether oxygens (including phenoxy) is 9. The van der Waals surface area contributed by atoms with Gasteiger partial charge in [0.2, 0.25) is 0 Å². The molecule has 4 unspecified atom stereocenters. The molecule has 0 spiro atoms. The maximum atomic E-state index is 12.8. The van der Waals surface area contributed by atoms with E-state index in [4.69, 9.17) is 42.6 Å². The molecule has 0 fully saturated rings. The number of nitrogens with zero attached hydrogens (tertiary/aromatic N) is 2. The van der Waals surface area contributed by atoms with Crippen molar-refractivity contribution in [1.29, 1.82) is 0 Å². The Kier molecular flexibility index (Phi) is 17.7. The summed E-state index contributed by atoms with van der Waals surface area (Å²) in [5, 5.41) is 31.1. The Labute approximate surface area is 405 Å². The lowest BCUT2D eigenvalue weighted by Crippen LogP contribution is -2.52. The van der Waals surface area contributed by atoms with E-state index in [0.29, 0.717) is 111 Å². The first-order chi connectivity index (χ1) is 33.3. The van der Waals surface area contributed by atoms with Crippen LogP contribution in [0.5, 0.6) is 40.2 Å². The van der Waals surface area contributed by atoms with Crippen molar-refractivity contribution in [1.82, 2.24) is 0 Å². The number of carbonyl (C=O) groups is 2. The van der Waals surface area contributed by atoms with E-state index in [-0.39, 0.29) is 45.1 Å². The third kappa shape index (κ3) is 11.3. The lowest BCUT2D eigenvalue weighted by atomic mass is 9.82. The highest BCUT2D eigenvalue weighted by Crippen LogP contribution is 2.49. The summed E-state index contributed by atoms with van der Waals surface area (Å²) in [5.41, 5.74) is 7.68. The molecule has 3 N–H and O–H groups in total. The molecule has 16 heteroatoms. The molecule has 2 aliphatic heterocycles. The normalized spacial score (nSPS) is 19.2. The van der Waals surface area contributed by atoms with Crippen LogP contribution in [0.2, 0.25) is 0 Å². The van der Waals surface area contributed by atoms with Crippen LogP contribution < -0.4 is 33.2 Å². The van der Waals surface area contributed by atoms with Crippen LogP contribution in [-0.2, 0) is 58.1 Å². The SMILES string of the molecule is COc1ccc(CC2c3cc(OC)c(OC)cc3CC[N+]2(C)CCCOC(=O)C#CC(=O)OCCC[N+]2(C)CCc3cc(CO)c(CO)c(OC)c3C2c2cc(CO)c(OC)c(OC)c2)cc1OC. The number of hydrogen-bond donors (Lipinski definition) is 3. The van der Waals surface area contributed by atoms with E-state index in [1.54, 1.807) is 35.5 Å². The lowest BCUT2D eigenvalue weighted by molar-refractivity contribution is -0.941. The Morgan fingerprint density at radius 3 is 1.74 bits per heavy atom. The summed E-state index contributed by atoms with van der Waals surface area (Å²) in [7, 11) is 15.4. The third-order valence-electron chi connectivity index (χ3n) is 13.9. The van der Waals surface area contributed by atoms with E-state index in [1.807, 2.05) is 30.3 Å². The first-order valence-electron chi connectivity index (χ1n) is 23.1. The van der Waals surface area contributed by atoms with Crippen LogP contribution in [0.4, 0.5) is 0 Å². The van der Waals surface area contributed by atoms with Crippen molar-refractivity contribution >= 4 is 11.9 Å². The lowest BCUT2D eigenvalue weighted by Gasteiger charge is -2.47. The highest BCUT2D eigenvalue weighted by molar-refractivity contribution is 5.98. The highest BCUT2D eigenvalue weighted by Gasteiger charge is 2.44. The van der Waals surface area contributed by atoms with Gasteiger partial charge in [0.15, 0.2) is 34.5 Å². The number of quaternary nitrogens is 2. The standard InChI is InChI=1S/C53H68N2O14/c1-54(20-16-35-28-45(63-5)46(64-6)30-40(35)42(54)24-34-12-13-43(61-3)44(25-34)62-4)18-10-22-68-48(59)14-15-49(60)69-23-11-19-55(2)21-17-36-26-38(31-56)41(33-58)53(67-9)50(36)51(55)37-27-39(32-57)52(66-8)47(29-37)65-7/h12-13,25-30,42,51,56-58H,10-11,16-24,31-33H2,1-9H3/q+2. The summed E-state index contributed by atoms with van der Waals surface area (Å²) in [6.45, 7) is 2.00. The van der Waals surface area contributed by atoms with Crippen LogP contribution in [0.3, 0.4) is 0 Å². The van der Waals surface area contributed by atoms with Gasteiger partial charge in [-0.15, -0.1) is 0 Å². The van der Waals surface area contributed by atoms with Gasteiger partial charge in [0, 0.05) is 66.2 Å². The van der Waals surface area contributed by atoms with Crippen LogP contribution in [0.25, 0.3) is 0 Å². The minimum absolute atomic E-state index is 0.0326. The monoisotopic (exact) mass is 956 g/mol. The number of methoxy groups -OCH3 is 7. The zero-order chi connectivity index (χ0) is 49.9. The molecule has 16 nitrogen and oxygen atoms in total. The minimum Gasteiger partial charge on any atom is -0.496 e. The largest absolute Gasteiger partial charge is 0.496 e. The molecule has 0 aliphatic carbocycles. The van der Waals surface area contributed by atoms with Gasteiger partial charge in [-0.2, -0.15) is 0 Å². The second-order valence-electron chi connectivity index (χ2n) is 17.8. The topological polar surface area (TPSA) is 178 Å². The number of fused-ring (bicyclic) bond motifs is 2. The van der Waals surface area contributed by atoms with Crippen molar-refractivity contribution in [3.8, 4) is 52.1 Å². The Morgan fingerprint density at radius 1 is 0.594 bits per heavy atom. The summed E-state index contributed by atoms with van der Waals surface area (Å²) in [5.74, 6) is 6.92. The van der Waals surface area contributed by atoms with Gasteiger partial charge in [0.1, 0.15) is 17.8 Å². The molecule has 0 amide bonds. The fraction of sp³-hybridized carbons (Fsp3) is 0.472. The first kappa shape index (κ1) is 52.2. The number of hydrogen-bond acceptors (Lipinski definition) is 14. The summed E-state index contributed by atoms with van der Waals surface area (Å²) in [4.78, 5) is 25.6. The van der Waals surface area contributed by atoms with Crippen LogP contribution in [0.15, 0.2) is 48.5 Å². The predicted octanol–water partition coefficient (Wildman–Crippen LogP) is 5.17. The Bertz CT molecular complexity index is 2510. The maximum Gasteiger partial charge on any atom is 0.384 e. The van der Waals surface area contributed by atoms with Gasteiger partial charge in [0.05, 0.1) is 129 Å². The third-order valence-corrected chi connectivity index (χ3v) is 13.9. The summed E-state index contributed by atoms with van der Waals surface area (Å²) < 4.78 is 51.9. The van der Waals surface area contributed by atoms with Crippen molar-refractivity contribution in [3.05, 3.63) is 98.6 Å². The molecule has 4 aromatic rings. The predicted molar refractivity (Wildman–Crippen MR) is 256 cm³/mol. The van der Waals surface area contributed by atoms with Gasteiger partial charge in [0.25, 0.3) is 0 Å². The second kappa shape index (κ2) is 23.4. The molecule has 372 valence electrons. The number of rotatable bonds is 21. The number of benzene rings is 4. The summed E-state index contributed by atoms with van der Waals surface area (Å²) in [6, 6.07) is 15.4. The molecule has 69 heavy (non-hydrogen) atoms. The van der Waals surface area contributed by atoms with Crippen LogP contribution >= 0.6 is 0 Å². The van der Waals surface area contributed by atoms with Crippen molar-refractivity contribution in [3.63, 3.8) is 0 Å². The second-order valence-corrected chi connectivity index (χ2v) is 17.8. The molecule has 0 saturated carbocycles. The Balaban J connectivity index is 1.10.